The molecule has 108 valence electrons. The molecule has 0 unspecified atom stereocenters. The van der Waals surface area contributed by atoms with E-state index in [2.05, 4.69) is 32.3 Å². The van der Waals surface area contributed by atoms with Crippen molar-refractivity contribution >= 4 is 33.0 Å². The molecule has 0 saturated carbocycles. The van der Waals surface area contributed by atoms with E-state index in [1.165, 1.54) is 5.56 Å². The van der Waals surface area contributed by atoms with E-state index in [9.17, 15) is 4.39 Å². The summed E-state index contributed by atoms with van der Waals surface area (Å²) in [6.07, 6.45) is 0. The first kappa shape index (κ1) is 15.5. The Morgan fingerprint density at radius 1 is 1.40 bits per heavy atom. The number of nitrogens with two attached hydrogens (primary N) is 1. The summed E-state index contributed by atoms with van der Waals surface area (Å²) in [7, 11) is 2.00. The second-order valence-electron chi connectivity index (χ2n) is 5.06. The second kappa shape index (κ2) is 6.24. The lowest BCUT2D eigenvalue weighted by Gasteiger charge is -2.24. The summed E-state index contributed by atoms with van der Waals surface area (Å²) in [5.41, 5.74) is 9.66. The molecule has 1 heterocycles. The molecule has 0 aliphatic heterocycles. The Bertz CT molecular complexity index is 610. The van der Waals surface area contributed by atoms with Gasteiger partial charge in [-0.3, -0.25) is 0 Å². The van der Waals surface area contributed by atoms with E-state index in [1.54, 1.807) is 24.3 Å². The first-order valence-corrected chi connectivity index (χ1v) is 8.05. The molecule has 0 bridgehead atoms. The molecule has 2 aromatic rings. The van der Waals surface area contributed by atoms with Crippen molar-refractivity contribution in [3.05, 3.63) is 49.9 Å². The fourth-order valence-electron chi connectivity index (χ4n) is 2.16. The van der Waals surface area contributed by atoms with Gasteiger partial charge >= 0.3 is 0 Å². The van der Waals surface area contributed by atoms with Crippen molar-refractivity contribution in [3.8, 4) is 0 Å². The third-order valence-electron chi connectivity index (χ3n) is 3.25. The molecular formula is C15H18BrFN2S. The standard InChI is InChI=1S/C15H18BrFN2S/c1-9-4-14(12(10(2)18)6-13(9)17)19(3)7-11-5-15(16)20-8-11/h4-6,8,10H,7,18H2,1-3H3/t10-/m1/s1. The SMILES string of the molecule is Cc1cc(N(C)Cc2csc(Br)c2)c([C@@H](C)N)cc1F. The minimum Gasteiger partial charge on any atom is -0.370 e. The van der Waals surface area contributed by atoms with Crippen molar-refractivity contribution in [2.24, 2.45) is 5.73 Å². The van der Waals surface area contributed by atoms with Crippen molar-refractivity contribution in [1.82, 2.24) is 0 Å². The maximum absolute atomic E-state index is 13.7. The Kier molecular flexibility index (Phi) is 4.83. The lowest BCUT2D eigenvalue weighted by molar-refractivity contribution is 0.612. The van der Waals surface area contributed by atoms with Crippen molar-refractivity contribution in [1.29, 1.82) is 0 Å². The fraction of sp³-hybridized carbons (Fsp3) is 0.333. The van der Waals surface area contributed by atoms with Crippen LogP contribution in [0, 0.1) is 12.7 Å². The number of rotatable bonds is 4. The maximum atomic E-state index is 13.7. The van der Waals surface area contributed by atoms with E-state index in [1.807, 2.05) is 20.0 Å². The Morgan fingerprint density at radius 3 is 2.65 bits per heavy atom. The summed E-state index contributed by atoms with van der Waals surface area (Å²) in [6.45, 7) is 4.42. The number of benzene rings is 1. The molecule has 2 rings (SSSR count). The van der Waals surface area contributed by atoms with E-state index in [0.717, 1.165) is 21.6 Å². The third kappa shape index (κ3) is 3.40. The lowest BCUT2D eigenvalue weighted by Crippen LogP contribution is -2.20. The van der Waals surface area contributed by atoms with Gasteiger partial charge in [-0.1, -0.05) is 0 Å². The number of hydrogen-bond donors (Lipinski definition) is 1. The van der Waals surface area contributed by atoms with Gasteiger partial charge in [0.15, 0.2) is 0 Å². The van der Waals surface area contributed by atoms with Crippen LogP contribution in [-0.4, -0.2) is 7.05 Å². The number of aryl methyl sites for hydroxylation is 1. The van der Waals surface area contributed by atoms with Gasteiger partial charge in [0.1, 0.15) is 5.82 Å². The largest absolute Gasteiger partial charge is 0.370 e. The van der Waals surface area contributed by atoms with Gasteiger partial charge in [-0.25, -0.2) is 4.39 Å². The zero-order valence-corrected chi connectivity index (χ0v) is 14.2. The molecule has 20 heavy (non-hydrogen) atoms. The summed E-state index contributed by atoms with van der Waals surface area (Å²) >= 11 is 5.13. The predicted octanol–water partition coefficient (Wildman–Crippen LogP) is 4.61. The first-order chi connectivity index (χ1) is 9.38. The zero-order valence-electron chi connectivity index (χ0n) is 11.8. The van der Waals surface area contributed by atoms with Gasteiger partial charge in [0.05, 0.1) is 3.79 Å². The van der Waals surface area contributed by atoms with E-state index in [-0.39, 0.29) is 11.9 Å². The van der Waals surface area contributed by atoms with Crippen molar-refractivity contribution in [2.75, 3.05) is 11.9 Å². The number of anilines is 1. The number of nitrogens with zero attached hydrogens (tertiary/aromatic N) is 1. The smallest absolute Gasteiger partial charge is 0.126 e. The Labute approximate surface area is 131 Å². The summed E-state index contributed by atoms with van der Waals surface area (Å²) in [5.74, 6) is -0.201. The summed E-state index contributed by atoms with van der Waals surface area (Å²) in [6, 6.07) is 5.32. The van der Waals surface area contributed by atoms with Crippen molar-refractivity contribution < 1.29 is 4.39 Å². The van der Waals surface area contributed by atoms with Gasteiger partial charge in [0.2, 0.25) is 0 Å². The number of thiophene rings is 1. The predicted molar refractivity (Wildman–Crippen MR) is 87.9 cm³/mol. The van der Waals surface area contributed by atoms with Crippen LogP contribution in [0.25, 0.3) is 0 Å². The molecule has 0 fully saturated rings. The second-order valence-corrected chi connectivity index (χ2v) is 7.35. The minimum absolute atomic E-state index is 0.197. The van der Waals surface area contributed by atoms with Crippen molar-refractivity contribution in [3.63, 3.8) is 0 Å². The van der Waals surface area contributed by atoms with Crippen LogP contribution >= 0.6 is 27.3 Å². The highest BCUT2D eigenvalue weighted by Crippen LogP contribution is 2.30. The van der Waals surface area contributed by atoms with Crippen LogP contribution in [0.5, 0.6) is 0 Å². The molecule has 2 nitrogen and oxygen atoms in total. The van der Waals surface area contributed by atoms with Crippen LogP contribution in [0.1, 0.15) is 29.7 Å². The topological polar surface area (TPSA) is 29.3 Å². The fourth-order valence-corrected chi connectivity index (χ4v) is 3.37. The summed E-state index contributed by atoms with van der Waals surface area (Å²) in [5, 5.41) is 2.11. The highest BCUT2D eigenvalue weighted by atomic mass is 79.9. The first-order valence-electron chi connectivity index (χ1n) is 6.38. The van der Waals surface area contributed by atoms with Crippen LogP contribution < -0.4 is 10.6 Å². The normalized spacial score (nSPS) is 12.5. The molecule has 0 radical (unpaired) electrons. The summed E-state index contributed by atoms with van der Waals surface area (Å²) in [4.78, 5) is 2.11. The number of hydrogen-bond acceptors (Lipinski definition) is 3. The zero-order chi connectivity index (χ0) is 14.9. The summed E-state index contributed by atoms with van der Waals surface area (Å²) < 4.78 is 14.8. The maximum Gasteiger partial charge on any atom is 0.126 e. The molecule has 2 N–H and O–H groups in total. The van der Waals surface area contributed by atoms with Crippen LogP contribution in [0.4, 0.5) is 10.1 Å². The molecule has 1 aromatic heterocycles. The lowest BCUT2D eigenvalue weighted by atomic mass is 10.0. The molecule has 0 aliphatic carbocycles. The molecule has 0 amide bonds. The molecule has 5 heteroatoms. The molecule has 0 aliphatic rings. The van der Waals surface area contributed by atoms with E-state index in [4.69, 9.17) is 5.73 Å². The monoisotopic (exact) mass is 356 g/mol. The van der Waals surface area contributed by atoms with Crippen molar-refractivity contribution in [2.45, 2.75) is 26.4 Å². The van der Waals surface area contributed by atoms with Crippen LogP contribution in [0.15, 0.2) is 27.4 Å². The quantitative estimate of drug-likeness (QED) is 0.866. The highest BCUT2D eigenvalue weighted by molar-refractivity contribution is 9.11. The van der Waals surface area contributed by atoms with Gasteiger partial charge in [-0.05, 0) is 70.0 Å². The van der Waals surface area contributed by atoms with Gasteiger partial charge in [-0.2, -0.15) is 0 Å². The van der Waals surface area contributed by atoms with E-state index >= 15 is 0 Å². The number of halogens is 2. The van der Waals surface area contributed by atoms with Gasteiger partial charge in [0.25, 0.3) is 0 Å². The van der Waals surface area contributed by atoms with E-state index in [0.29, 0.717) is 5.56 Å². The van der Waals surface area contributed by atoms with E-state index < -0.39 is 0 Å². The molecular weight excluding hydrogens is 339 g/mol. The molecule has 0 spiro atoms. The van der Waals surface area contributed by atoms with Crippen LogP contribution in [-0.2, 0) is 6.54 Å². The Balaban J connectivity index is 2.33. The van der Waals surface area contributed by atoms with Crippen LogP contribution in [0.2, 0.25) is 0 Å². The average Bonchev–Trinajstić information content (AvgIpc) is 2.77. The molecule has 0 saturated heterocycles. The van der Waals surface area contributed by atoms with Gasteiger partial charge in [-0.15, -0.1) is 11.3 Å². The molecule has 1 atom stereocenters. The Morgan fingerprint density at radius 2 is 2.10 bits per heavy atom. The van der Waals surface area contributed by atoms with Gasteiger partial charge < -0.3 is 10.6 Å². The minimum atomic E-state index is -0.201. The van der Waals surface area contributed by atoms with Gasteiger partial charge in [0, 0.05) is 25.3 Å². The Hall–Kier alpha value is -0.910. The molecule has 1 aromatic carbocycles. The van der Waals surface area contributed by atoms with Crippen LogP contribution in [0.3, 0.4) is 0 Å². The third-order valence-corrected chi connectivity index (χ3v) is 4.80. The average molecular weight is 357 g/mol. The highest BCUT2D eigenvalue weighted by Gasteiger charge is 2.14.